The van der Waals surface area contributed by atoms with Crippen LogP contribution in [0.4, 0.5) is 0 Å². The Kier molecular flexibility index (Phi) is 9.08. The monoisotopic (exact) mass is 434 g/mol. The van der Waals surface area contributed by atoms with Crippen molar-refractivity contribution < 1.29 is 0 Å². The molecular weight excluding hydrogens is 372 g/mol. The molecule has 31 heavy (non-hydrogen) atoms. The Bertz CT molecular complexity index is 567. The molecule has 1 aliphatic rings. The minimum Gasteiger partial charge on any atom is -0.0654 e. The molecule has 1 rings (SSSR count). The van der Waals surface area contributed by atoms with Gasteiger partial charge in [-0.1, -0.05) is 117 Å². The standard InChI is InChI=1S/C31H62/c1-16-20-29(24(9)17-2)25(10)28(14,15)26(11)31(29,19-4)30(18-3,23(7)8)27(12,13)21-22(5)6/h22-26H,16-21H2,1-15H3. The largest absolute Gasteiger partial charge is 0.0654 e. The summed E-state index contributed by atoms with van der Waals surface area (Å²) in [4.78, 5) is 0. The van der Waals surface area contributed by atoms with E-state index >= 15 is 0 Å². The highest BCUT2D eigenvalue weighted by Crippen LogP contribution is 2.82. The van der Waals surface area contributed by atoms with Crippen LogP contribution in [0.2, 0.25) is 0 Å². The third kappa shape index (κ3) is 3.67. The minimum atomic E-state index is 0.306. The van der Waals surface area contributed by atoms with Gasteiger partial charge in [0, 0.05) is 0 Å². The zero-order valence-electron chi connectivity index (χ0n) is 24.6. The van der Waals surface area contributed by atoms with Crippen LogP contribution in [0.1, 0.15) is 142 Å². The maximum absolute atomic E-state index is 2.68. The topological polar surface area (TPSA) is 0 Å². The molecule has 0 N–H and O–H groups in total. The average molecular weight is 435 g/mol. The van der Waals surface area contributed by atoms with E-state index in [1.807, 2.05) is 0 Å². The predicted molar refractivity (Wildman–Crippen MR) is 142 cm³/mol. The van der Waals surface area contributed by atoms with Crippen LogP contribution in [-0.2, 0) is 0 Å². The highest BCUT2D eigenvalue weighted by atomic mass is 14.8. The molecule has 0 aromatic carbocycles. The predicted octanol–water partition coefficient (Wildman–Crippen LogP) is 10.7. The van der Waals surface area contributed by atoms with Gasteiger partial charge in [-0.15, -0.1) is 0 Å². The molecule has 1 aliphatic carbocycles. The molecule has 0 aliphatic heterocycles. The summed E-state index contributed by atoms with van der Waals surface area (Å²) < 4.78 is 0. The van der Waals surface area contributed by atoms with E-state index < -0.39 is 0 Å². The number of hydrogen-bond donors (Lipinski definition) is 0. The van der Waals surface area contributed by atoms with Gasteiger partial charge in [0.15, 0.2) is 0 Å². The molecule has 0 aromatic rings. The van der Waals surface area contributed by atoms with Crippen LogP contribution in [0.25, 0.3) is 0 Å². The smallest absolute Gasteiger partial charge is 0.0144 e. The Morgan fingerprint density at radius 2 is 1.35 bits per heavy atom. The molecule has 0 radical (unpaired) electrons. The Labute approximate surface area is 199 Å². The normalized spacial score (nSPS) is 34.4. The SMILES string of the molecule is CCCC1(C(C)CC)C(C)C(C)(C)C(C)C1(CC)C(CC)(C(C)C)C(C)(C)CC(C)C. The van der Waals surface area contributed by atoms with Crippen molar-refractivity contribution in [3.8, 4) is 0 Å². The highest BCUT2D eigenvalue weighted by Gasteiger charge is 2.76. The second-order valence-corrected chi connectivity index (χ2v) is 13.7. The molecule has 0 amide bonds. The van der Waals surface area contributed by atoms with E-state index in [1.54, 1.807) is 0 Å². The van der Waals surface area contributed by atoms with Gasteiger partial charge in [0.1, 0.15) is 0 Å². The van der Waals surface area contributed by atoms with Gasteiger partial charge in [0.2, 0.25) is 0 Å². The van der Waals surface area contributed by atoms with Crippen molar-refractivity contribution >= 4 is 0 Å². The van der Waals surface area contributed by atoms with Crippen LogP contribution in [0.15, 0.2) is 0 Å². The van der Waals surface area contributed by atoms with Gasteiger partial charge in [0.25, 0.3) is 0 Å². The Balaban J connectivity index is 4.26. The van der Waals surface area contributed by atoms with E-state index in [1.165, 1.54) is 38.5 Å². The van der Waals surface area contributed by atoms with Crippen molar-refractivity contribution in [3.63, 3.8) is 0 Å². The van der Waals surface area contributed by atoms with Crippen molar-refractivity contribution in [1.29, 1.82) is 0 Å². The summed E-state index contributed by atoms with van der Waals surface area (Å²) in [5.41, 5.74) is 1.72. The molecule has 0 bridgehead atoms. The quantitative estimate of drug-likeness (QED) is 0.303. The first-order valence-electron chi connectivity index (χ1n) is 14.1. The van der Waals surface area contributed by atoms with Gasteiger partial charge in [-0.2, -0.15) is 0 Å². The molecule has 1 fully saturated rings. The van der Waals surface area contributed by atoms with Crippen LogP contribution in [-0.4, -0.2) is 0 Å². The summed E-state index contributed by atoms with van der Waals surface area (Å²) in [6, 6.07) is 0. The first kappa shape index (κ1) is 29.0. The van der Waals surface area contributed by atoms with E-state index in [9.17, 15) is 0 Å². The molecule has 0 nitrogen and oxygen atoms in total. The van der Waals surface area contributed by atoms with Gasteiger partial charge in [0.05, 0.1) is 0 Å². The second-order valence-electron chi connectivity index (χ2n) is 13.7. The van der Waals surface area contributed by atoms with E-state index in [0.717, 1.165) is 17.8 Å². The van der Waals surface area contributed by atoms with E-state index in [0.29, 0.717) is 38.9 Å². The summed E-state index contributed by atoms with van der Waals surface area (Å²) in [5, 5.41) is 0. The minimum absolute atomic E-state index is 0.306. The molecule has 0 heteroatoms. The molecular formula is C31H62. The van der Waals surface area contributed by atoms with Gasteiger partial charge >= 0.3 is 0 Å². The first-order valence-corrected chi connectivity index (χ1v) is 14.1. The van der Waals surface area contributed by atoms with Gasteiger partial charge in [-0.05, 0) is 82.3 Å². The molecule has 0 saturated heterocycles. The Hall–Kier alpha value is 0. The number of hydrogen-bond acceptors (Lipinski definition) is 0. The van der Waals surface area contributed by atoms with Crippen molar-refractivity contribution in [2.75, 3.05) is 0 Å². The van der Waals surface area contributed by atoms with Crippen LogP contribution >= 0.6 is 0 Å². The van der Waals surface area contributed by atoms with Crippen LogP contribution in [0.5, 0.6) is 0 Å². The summed E-state index contributed by atoms with van der Waals surface area (Å²) in [6.45, 7) is 38.6. The average Bonchev–Trinajstić information content (AvgIpc) is 2.78. The molecule has 0 aromatic heterocycles. The Morgan fingerprint density at radius 1 is 0.839 bits per heavy atom. The lowest BCUT2D eigenvalue weighted by Crippen LogP contribution is -2.64. The van der Waals surface area contributed by atoms with E-state index in [2.05, 4.69) is 104 Å². The summed E-state index contributed by atoms with van der Waals surface area (Å²) >= 11 is 0. The van der Waals surface area contributed by atoms with Gasteiger partial charge in [-0.3, -0.25) is 0 Å². The fourth-order valence-corrected chi connectivity index (χ4v) is 10.9. The van der Waals surface area contributed by atoms with Crippen molar-refractivity contribution in [1.82, 2.24) is 0 Å². The zero-order valence-corrected chi connectivity index (χ0v) is 24.6. The molecule has 6 unspecified atom stereocenters. The summed E-state index contributed by atoms with van der Waals surface area (Å²) in [5.74, 6) is 3.62. The van der Waals surface area contributed by atoms with Crippen LogP contribution in [0.3, 0.4) is 0 Å². The Morgan fingerprint density at radius 3 is 1.68 bits per heavy atom. The van der Waals surface area contributed by atoms with Crippen LogP contribution in [0, 0.1) is 56.7 Å². The maximum atomic E-state index is 2.68. The van der Waals surface area contributed by atoms with Crippen LogP contribution < -0.4 is 0 Å². The summed E-state index contributed by atoms with van der Waals surface area (Å²) in [6.07, 6.45) is 7.94. The zero-order chi connectivity index (χ0) is 24.6. The van der Waals surface area contributed by atoms with Crippen molar-refractivity contribution in [2.24, 2.45) is 56.7 Å². The van der Waals surface area contributed by atoms with Crippen molar-refractivity contribution in [2.45, 2.75) is 142 Å². The fraction of sp³-hybridized carbons (Fsp3) is 1.00. The van der Waals surface area contributed by atoms with E-state index in [4.69, 9.17) is 0 Å². The summed E-state index contributed by atoms with van der Waals surface area (Å²) in [7, 11) is 0. The third-order valence-electron chi connectivity index (χ3n) is 11.8. The van der Waals surface area contributed by atoms with Gasteiger partial charge < -0.3 is 0 Å². The van der Waals surface area contributed by atoms with Crippen molar-refractivity contribution in [3.05, 3.63) is 0 Å². The molecule has 0 heterocycles. The van der Waals surface area contributed by atoms with E-state index in [-0.39, 0.29) is 0 Å². The lowest BCUT2D eigenvalue weighted by molar-refractivity contribution is -0.218. The molecule has 6 atom stereocenters. The maximum Gasteiger partial charge on any atom is -0.0144 e. The lowest BCUT2D eigenvalue weighted by atomic mass is 9.35. The molecule has 186 valence electrons. The molecule has 0 spiro atoms. The second kappa shape index (κ2) is 9.70. The highest BCUT2D eigenvalue weighted by molar-refractivity contribution is 5.23. The van der Waals surface area contributed by atoms with Gasteiger partial charge in [-0.25, -0.2) is 0 Å². The number of rotatable bonds is 11. The lowest BCUT2D eigenvalue weighted by Gasteiger charge is -2.69. The third-order valence-corrected chi connectivity index (χ3v) is 11.8. The first-order chi connectivity index (χ1) is 14.1. The fourth-order valence-electron chi connectivity index (χ4n) is 10.9. The molecule has 1 saturated carbocycles.